The minimum atomic E-state index is 0.737. The molecule has 0 aliphatic carbocycles. The molecule has 0 amide bonds. The minimum absolute atomic E-state index is 0.737. The van der Waals surface area contributed by atoms with E-state index in [0.717, 1.165) is 83.4 Å². The van der Waals surface area contributed by atoms with Gasteiger partial charge in [-0.2, -0.15) is 5.10 Å². The summed E-state index contributed by atoms with van der Waals surface area (Å²) in [7, 11) is 0. The van der Waals surface area contributed by atoms with Crippen molar-refractivity contribution in [3.05, 3.63) is 68.9 Å². The monoisotopic (exact) mass is 562 g/mol. The SMILES string of the molecule is Cc1nc(CN2CCN(c3c(Br)cnc4nc(-c5ccc(CN6C=CCC=N6)cc5)[nH]c34)CC2)cs1. The van der Waals surface area contributed by atoms with E-state index in [4.69, 9.17) is 4.98 Å². The van der Waals surface area contributed by atoms with Gasteiger partial charge in [0, 0.05) is 68.7 Å². The fourth-order valence-corrected chi connectivity index (χ4v) is 5.84. The molecule has 0 saturated carbocycles. The number of nitrogens with one attached hydrogen (secondary N) is 1. The van der Waals surface area contributed by atoms with Gasteiger partial charge < -0.3 is 9.88 Å². The number of hydrogen-bond acceptors (Lipinski definition) is 8. The third kappa shape index (κ3) is 4.93. The lowest BCUT2D eigenvalue weighted by Crippen LogP contribution is -2.46. The Bertz CT molecular complexity index is 1400. The van der Waals surface area contributed by atoms with Crippen molar-refractivity contribution < 1.29 is 0 Å². The number of hydrogen-bond donors (Lipinski definition) is 1. The predicted molar refractivity (Wildman–Crippen MR) is 149 cm³/mol. The molecule has 1 fully saturated rings. The van der Waals surface area contributed by atoms with Crippen LogP contribution in [0.3, 0.4) is 0 Å². The van der Waals surface area contributed by atoms with Gasteiger partial charge in [-0.05, 0) is 28.4 Å². The third-order valence-corrected chi connectivity index (χ3v) is 7.91. The third-order valence-electron chi connectivity index (χ3n) is 6.51. The Morgan fingerprint density at radius 1 is 1.06 bits per heavy atom. The summed E-state index contributed by atoms with van der Waals surface area (Å²) in [5.74, 6) is 0.830. The Morgan fingerprint density at radius 2 is 1.89 bits per heavy atom. The number of aromatic amines is 1. The number of rotatable bonds is 6. The highest BCUT2D eigenvalue weighted by Gasteiger charge is 2.23. The van der Waals surface area contributed by atoms with Gasteiger partial charge in [-0.15, -0.1) is 11.3 Å². The van der Waals surface area contributed by atoms with Crippen molar-refractivity contribution in [1.82, 2.24) is 29.8 Å². The van der Waals surface area contributed by atoms with E-state index in [1.165, 1.54) is 11.3 Å². The minimum Gasteiger partial charge on any atom is -0.366 e. The number of fused-ring (bicyclic) bond motifs is 1. The summed E-state index contributed by atoms with van der Waals surface area (Å²) in [5, 5.41) is 9.65. The molecule has 2 aliphatic rings. The number of benzene rings is 1. The van der Waals surface area contributed by atoms with Crippen molar-refractivity contribution in [2.45, 2.75) is 26.4 Å². The molecular formula is C26H27BrN8S. The first-order valence-electron chi connectivity index (χ1n) is 12.1. The van der Waals surface area contributed by atoms with Crippen LogP contribution in [0.25, 0.3) is 22.6 Å². The van der Waals surface area contributed by atoms with Crippen molar-refractivity contribution in [1.29, 1.82) is 0 Å². The van der Waals surface area contributed by atoms with E-state index in [0.29, 0.717) is 0 Å². The van der Waals surface area contributed by atoms with E-state index in [1.807, 2.05) is 23.6 Å². The molecule has 3 aromatic heterocycles. The van der Waals surface area contributed by atoms with Crippen molar-refractivity contribution in [2.24, 2.45) is 5.10 Å². The number of H-pyrrole nitrogens is 1. The number of aromatic nitrogens is 4. The molecule has 8 nitrogen and oxygen atoms in total. The highest BCUT2D eigenvalue weighted by atomic mass is 79.9. The van der Waals surface area contributed by atoms with Crippen LogP contribution in [0.1, 0.15) is 22.7 Å². The molecule has 10 heteroatoms. The Kier molecular flexibility index (Phi) is 6.56. The second-order valence-electron chi connectivity index (χ2n) is 9.07. The molecule has 2 aliphatic heterocycles. The highest BCUT2D eigenvalue weighted by Crippen LogP contribution is 2.34. The number of pyridine rings is 1. The Morgan fingerprint density at radius 3 is 2.61 bits per heavy atom. The van der Waals surface area contributed by atoms with Gasteiger partial charge in [-0.1, -0.05) is 30.3 Å². The van der Waals surface area contributed by atoms with Crippen LogP contribution in [-0.4, -0.2) is 62.2 Å². The molecule has 0 spiro atoms. The van der Waals surface area contributed by atoms with Crippen LogP contribution in [-0.2, 0) is 13.1 Å². The predicted octanol–water partition coefficient (Wildman–Crippen LogP) is 5.18. The maximum absolute atomic E-state index is 4.82. The molecule has 0 atom stereocenters. The number of anilines is 1. The van der Waals surface area contributed by atoms with E-state index in [9.17, 15) is 0 Å². The van der Waals surface area contributed by atoms with Gasteiger partial charge in [0.2, 0.25) is 0 Å². The average molecular weight is 564 g/mol. The largest absolute Gasteiger partial charge is 0.366 e. The molecule has 184 valence electrons. The molecule has 6 rings (SSSR count). The number of imidazole rings is 1. The van der Waals surface area contributed by atoms with E-state index >= 15 is 0 Å². The summed E-state index contributed by atoms with van der Waals surface area (Å²) in [6.45, 7) is 7.59. The first-order chi connectivity index (χ1) is 17.6. The molecule has 0 unspecified atom stereocenters. The summed E-state index contributed by atoms with van der Waals surface area (Å²) in [6, 6.07) is 8.48. The Hall–Kier alpha value is -3.08. The lowest BCUT2D eigenvalue weighted by atomic mass is 10.1. The molecule has 36 heavy (non-hydrogen) atoms. The maximum Gasteiger partial charge on any atom is 0.180 e. The summed E-state index contributed by atoms with van der Waals surface area (Å²) in [5.41, 5.74) is 6.25. The topological polar surface area (TPSA) is 76.5 Å². The zero-order valence-corrected chi connectivity index (χ0v) is 22.5. The lowest BCUT2D eigenvalue weighted by molar-refractivity contribution is 0.247. The first-order valence-corrected chi connectivity index (χ1v) is 13.8. The Labute approximate surface area is 222 Å². The normalized spacial score (nSPS) is 16.4. The molecular weight excluding hydrogens is 536 g/mol. The molecule has 1 saturated heterocycles. The van der Waals surface area contributed by atoms with E-state index in [2.05, 4.69) is 88.4 Å². The van der Waals surface area contributed by atoms with Crippen LogP contribution in [0.5, 0.6) is 0 Å². The van der Waals surface area contributed by atoms with Gasteiger partial charge in [0.25, 0.3) is 0 Å². The van der Waals surface area contributed by atoms with E-state index in [1.54, 1.807) is 11.3 Å². The van der Waals surface area contributed by atoms with Gasteiger partial charge in [-0.3, -0.25) is 9.91 Å². The number of nitrogens with zero attached hydrogens (tertiary/aromatic N) is 7. The number of aryl methyl sites for hydroxylation is 1. The van der Waals surface area contributed by atoms with Crippen LogP contribution in [0, 0.1) is 6.92 Å². The quantitative estimate of drug-likeness (QED) is 0.349. The van der Waals surface area contributed by atoms with Crippen molar-refractivity contribution >= 4 is 50.3 Å². The van der Waals surface area contributed by atoms with Gasteiger partial charge in [0.05, 0.1) is 27.4 Å². The fraction of sp³-hybridized carbons (Fsp3) is 0.308. The fourth-order valence-electron chi connectivity index (χ4n) is 4.69. The van der Waals surface area contributed by atoms with Crippen LogP contribution < -0.4 is 4.90 Å². The number of piperazine rings is 1. The standard InChI is InChI=1S/C26H27BrN8S/c1-18-30-21(17-36-18)16-33-10-12-34(13-11-33)24-22(27)14-28-26-23(24)31-25(32-26)20-6-4-19(5-7-20)15-35-9-3-2-8-29-35/h3-9,14,17H,2,10-13,15-16H2,1H3,(H,28,31,32). The molecule has 0 bridgehead atoms. The van der Waals surface area contributed by atoms with Crippen LogP contribution >= 0.6 is 27.3 Å². The molecule has 0 radical (unpaired) electrons. The van der Waals surface area contributed by atoms with Crippen molar-refractivity contribution in [2.75, 3.05) is 31.1 Å². The second kappa shape index (κ2) is 10.1. The van der Waals surface area contributed by atoms with Crippen LogP contribution in [0.15, 0.2) is 57.7 Å². The maximum atomic E-state index is 4.82. The molecule has 1 N–H and O–H groups in total. The summed E-state index contributed by atoms with van der Waals surface area (Å²) in [6.07, 6.45) is 8.82. The van der Waals surface area contributed by atoms with Gasteiger partial charge >= 0.3 is 0 Å². The van der Waals surface area contributed by atoms with Gasteiger partial charge in [-0.25, -0.2) is 15.0 Å². The molecule has 5 heterocycles. The first kappa shape index (κ1) is 23.3. The second-order valence-corrected chi connectivity index (χ2v) is 11.0. The highest BCUT2D eigenvalue weighted by molar-refractivity contribution is 9.10. The van der Waals surface area contributed by atoms with Gasteiger partial charge in [0.15, 0.2) is 5.65 Å². The number of halogens is 1. The zero-order valence-electron chi connectivity index (χ0n) is 20.1. The summed E-state index contributed by atoms with van der Waals surface area (Å²) in [4.78, 5) is 22.5. The summed E-state index contributed by atoms with van der Waals surface area (Å²) < 4.78 is 0.985. The van der Waals surface area contributed by atoms with Crippen molar-refractivity contribution in [3.63, 3.8) is 0 Å². The van der Waals surface area contributed by atoms with Crippen LogP contribution in [0.2, 0.25) is 0 Å². The lowest BCUT2D eigenvalue weighted by Gasteiger charge is -2.36. The Balaban J connectivity index is 1.19. The zero-order chi connectivity index (χ0) is 24.5. The van der Waals surface area contributed by atoms with Crippen LogP contribution in [0.4, 0.5) is 5.69 Å². The number of thiazole rings is 1. The van der Waals surface area contributed by atoms with E-state index in [-0.39, 0.29) is 0 Å². The van der Waals surface area contributed by atoms with Gasteiger partial charge in [0.1, 0.15) is 11.3 Å². The molecule has 1 aromatic carbocycles. The summed E-state index contributed by atoms with van der Waals surface area (Å²) >= 11 is 5.47. The molecule has 4 aromatic rings. The smallest absolute Gasteiger partial charge is 0.180 e. The average Bonchev–Trinajstić information content (AvgIpc) is 3.52. The van der Waals surface area contributed by atoms with Crippen molar-refractivity contribution in [3.8, 4) is 11.4 Å². The number of allylic oxidation sites excluding steroid dienone is 1. The van der Waals surface area contributed by atoms with E-state index < -0.39 is 0 Å². The number of hydrazone groups is 1.